The predicted octanol–water partition coefficient (Wildman–Crippen LogP) is 15.2. The van der Waals surface area contributed by atoms with Crippen molar-refractivity contribution in [1.29, 1.82) is 0 Å². The summed E-state index contributed by atoms with van der Waals surface area (Å²) >= 11 is 0. The van der Waals surface area contributed by atoms with Crippen molar-refractivity contribution in [2.75, 3.05) is 5.32 Å². The minimum absolute atomic E-state index is 0.736. The lowest BCUT2D eigenvalue weighted by Crippen LogP contribution is -2.00. The van der Waals surface area contributed by atoms with Crippen molar-refractivity contribution in [2.24, 2.45) is 0 Å². The molecule has 0 atom stereocenters. The van der Waals surface area contributed by atoms with Gasteiger partial charge in [-0.3, -0.25) is 0 Å². The summed E-state index contributed by atoms with van der Waals surface area (Å²) in [7, 11) is 0. The fourth-order valence-electron chi connectivity index (χ4n) is 8.41. The van der Waals surface area contributed by atoms with E-state index < -0.39 is 0 Å². The lowest BCUT2D eigenvalue weighted by Gasteiger charge is -2.19. The van der Waals surface area contributed by atoms with Gasteiger partial charge in [-0.2, -0.15) is 0 Å². The number of benzene rings is 9. The maximum Gasteiger partial charge on any atom is 0.175 e. The molecule has 0 saturated carbocycles. The highest BCUT2D eigenvalue weighted by Crippen LogP contribution is 2.46. The van der Waals surface area contributed by atoms with Gasteiger partial charge in [0.05, 0.1) is 16.7 Å². The quantitative estimate of drug-likeness (QED) is 0.168. The van der Waals surface area contributed by atoms with Crippen molar-refractivity contribution in [3.05, 3.63) is 212 Å². The zero-order chi connectivity index (χ0) is 38.4. The molecule has 0 amide bonds. The van der Waals surface area contributed by atoms with Gasteiger partial charge in [-0.15, -0.1) is 0 Å². The highest BCUT2D eigenvalue weighted by molar-refractivity contribution is 6.14. The molecule has 0 saturated heterocycles. The third-order valence-corrected chi connectivity index (χ3v) is 11.0. The van der Waals surface area contributed by atoms with Crippen LogP contribution in [0.4, 0.5) is 11.4 Å². The van der Waals surface area contributed by atoms with Crippen LogP contribution in [-0.4, -0.2) is 4.57 Å². The number of nitrogens with one attached hydrogen (secondary N) is 1. The maximum absolute atomic E-state index is 6.99. The molecule has 4 nitrogen and oxygen atoms in total. The van der Waals surface area contributed by atoms with Crippen LogP contribution in [0.25, 0.3) is 82.8 Å². The van der Waals surface area contributed by atoms with E-state index in [1.165, 1.54) is 0 Å². The van der Waals surface area contributed by atoms with Crippen molar-refractivity contribution < 1.29 is 9.15 Å². The summed E-state index contributed by atoms with van der Waals surface area (Å²) in [6.07, 6.45) is 0. The Balaban J connectivity index is 1.23. The summed E-state index contributed by atoms with van der Waals surface area (Å²) in [5.41, 5.74) is 13.3. The first kappa shape index (κ1) is 33.5. The average molecular weight is 745 g/mol. The lowest BCUT2D eigenvalue weighted by atomic mass is 9.91. The van der Waals surface area contributed by atoms with Crippen molar-refractivity contribution in [3.8, 4) is 50.6 Å². The van der Waals surface area contributed by atoms with Gasteiger partial charge >= 0.3 is 0 Å². The maximum atomic E-state index is 6.99. The minimum atomic E-state index is 0.736. The first-order valence-corrected chi connectivity index (χ1v) is 19.6. The van der Waals surface area contributed by atoms with Crippen LogP contribution in [0, 0.1) is 0 Å². The van der Waals surface area contributed by atoms with Crippen LogP contribution in [0.15, 0.2) is 217 Å². The Labute approximate surface area is 335 Å². The zero-order valence-corrected chi connectivity index (χ0v) is 31.5. The molecule has 0 spiro atoms. The highest BCUT2D eigenvalue weighted by atomic mass is 16.5. The topological polar surface area (TPSA) is 39.3 Å². The largest absolute Gasteiger partial charge is 0.455 e. The molecule has 4 heteroatoms. The van der Waals surface area contributed by atoms with Crippen LogP contribution >= 0.6 is 0 Å². The summed E-state index contributed by atoms with van der Waals surface area (Å²) in [6, 6.07) is 74.3. The smallest absolute Gasteiger partial charge is 0.175 e. The van der Waals surface area contributed by atoms with Gasteiger partial charge in [-0.1, -0.05) is 146 Å². The SMILES string of the molecule is c1ccc(Nc2ccc3c4ccccc4n(-c4cc(-c5ccccc5-c5ccccc5)cc(-c5cccc6c5oc5ccccc56)c4)c3c2Oc2ccccc2)cc1. The second kappa shape index (κ2) is 14.0. The van der Waals surface area contributed by atoms with Crippen molar-refractivity contribution in [1.82, 2.24) is 4.57 Å². The van der Waals surface area contributed by atoms with E-state index in [0.29, 0.717) is 0 Å². The van der Waals surface area contributed by atoms with Gasteiger partial charge in [-0.25, -0.2) is 0 Å². The molecule has 1 N–H and O–H groups in total. The molecule has 0 aliphatic heterocycles. The molecule has 0 fully saturated rings. The predicted molar refractivity (Wildman–Crippen MR) is 241 cm³/mol. The number of fused-ring (bicyclic) bond motifs is 6. The minimum Gasteiger partial charge on any atom is -0.455 e. The second-order valence-corrected chi connectivity index (χ2v) is 14.6. The second-order valence-electron chi connectivity index (χ2n) is 14.6. The Morgan fingerprint density at radius 3 is 1.83 bits per heavy atom. The molecule has 0 aliphatic rings. The van der Waals surface area contributed by atoms with E-state index in [2.05, 4.69) is 162 Å². The number of hydrogen-bond donors (Lipinski definition) is 1. The molecule has 11 rings (SSSR count). The number of furan rings is 1. The summed E-state index contributed by atoms with van der Waals surface area (Å²) < 4.78 is 16.0. The number of para-hydroxylation sites is 5. The van der Waals surface area contributed by atoms with Gasteiger partial charge in [0.25, 0.3) is 0 Å². The molecular weight excluding hydrogens is 709 g/mol. The van der Waals surface area contributed by atoms with E-state index in [1.807, 2.05) is 60.7 Å². The first-order chi connectivity index (χ1) is 28.8. The van der Waals surface area contributed by atoms with Crippen molar-refractivity contribution >= 4 is 55.1 Å². The van der Waals surface area contributed by atoms with Crippen LogP contribution in [0.1, 0.15) is 0 Å². The van der Waals surface area contributed by atoms with Gasteiger partial charge in [0.15, 0.2) is 5.75 Å². The summed E-state index contributed by atoms with van der Waals surface area (Å²) in [5, 5.41) is 8.12. The monoisotopic (exact) mass is 744 g/mol. The van der Waals surface area contributed by atoms with Gasteiger partial charge in [0.1, 0.15) is 16.9 Å². The summed E-state index contributed by atoms with van der Waals surface area (Å²) in [6.45, 7) is 0. The van der Waals surface area contributed by atoms with Crippen molar-refractivity contribution in [2.45, 2.75) is 0 Å². The van der Waals surface area contributed by atoms with E-state index >= 15 is 0 Å². The molecule has 274 valence electrons. The molecule has 0 radical (unpaired) electrons. The number of aromatic nitrogens is 1. The molecule has 0 bridgehead atoms. The molecule has 11 aromatic rings. The van der Waals surface area contributed by atoms with E-state index in [-0.39, 0.29) is 0 Å². The van der Waals surface area contributed by atoms with Gasteiger partial charge < -0.3 is 19.0 Å². The van der Waals surface area contributed by atoms with E-state index in [4.69, 9.17) is 9.15 Å². The Morgan fingerprint density at radius 2 is 1.03 bits per heavy atom. The number of ether oxygens (including phenoxy) is 1. The van der Waals surface area contributed by atoms with E-state index in [1.54, 1.807) is 0 Å². The highest BCUT2D eigenvalue weighted by Gasteiger charge is 2.23. The molecule has 2 aromatic heterocycles. The fraction of sp³-hybridized carbons (Fsp3) is 0. The fourth-order valence-corrected chi connectivity index (χ4v) is 8.41. The summed E-state index contributed by atoms with van der Waals surface area (Å²) in [5.74, 6) is 1.49. The molecule has 0 aliphatic carbocycles. The van der Waals surface area contributed by atoms with E-state index in [0.717, 1.165) is 106 Å². The molecule has 9 aromatic carbocycles. The third kappa shape index (κ3) is 5.78. The molecule has 58 heavy (non-hydrogen) atoms. The van der Waals surface area contributed by atoms with Crippen LogP contribution in [0.2, 0.25) is 0 Å². The molecular formula is C54H36N2O2. The van der Waals surface area contributed by atoms with Gasteiger partial charge in [0, 0.05) is 38.5 Å². The Hall–Kier alpha value is -7.82. The van der Waals surface area contributed by atoms with Gasteiger partial charge in [0.2, 0.25) is 0 Å². The first-order valence-electron chi connectivity index (χ1n) is 19.6. The Morgan fingerprint density at radius 1 is 0.431 bits per heavy atom. The zero-order valence-electron chi connectivity index (χ0n) is 31.5. The van der Waals surface area contributed by atoms with Crippen LogP contribution < -0.4 is 10.1 Å². The Bertz CT molecular complexity index is 3270. The van der Waals surface area contributed by atoms with Gasteiger partial charge in [-0.05, 0) is 94.5 Å². The number of rotatable bonds is 8. The van der Waals surface area contributed by atoms with Crippen LogP contribution in [0.5, 0.6) is 11.5 Å². The van der Waals surface area contributed by atoms with E-state index in [9.17, 15) is 0 Å². The third-order valence-electron chi connectivity index (χ3n) is 11.0. The lowest BCUT2D eigenvalue weighted by molar-refractivity contribution is 0.489. The standard InChI is InChI=1S/C54H36N2O2/c1-4-17-36(18-5-1)42-23-10-11-24-43(42)37-33-38(44-27-16-28-48-46-26-13-15-30-51(46)58-53(44)48)35-40(34-37)56-50-29-14-12-25-45(50)47-31-32-49(55-39-19-6-2-7-20-39)54(52(47)56)57-41-21-8-3-9-22-41/h1-35,55H. The van der Waals surface area contributed by atoms with Crippen LogP contribution in [0.3, 0.4) is 0 Å². The normalized spacial score (nSPS) is 11.4. The summed E-state index contributed by atoms with van der Waals surface area (Å²) in [4.78, 5) is 0. The molecule has 0 unspecified atom stereocenters. The number of anilines is 2. The van der Waals surface area contributed by atoms with Crippen molar-refractivity contribution in [3.63, 3.8) is 0 Å². The number of hydrogen-bond acceptors (Lipinski definition) is 3. The van der Waals surface area contributed by atoms with Crippen LogP contribution in [-0.2, 0) is 0 Å². The molecule has 2 heterocycles. The number of nitrogens with zero attached hydrogens (tertiary/aromatic N) is 1. The average Bonchev–Trinajstić information content (AvgIpc) is 3.84. The Kier molecular flexibility index (Phi) is 8.11.